The first-order chi connectivity index (χ1) is 10.1. The first-order valence-corrected chi connectivity index (χ1v) is 8.57. The molecule has 4 heteroatoms. The number of carbonyl (C=O) groups is 1. The molecular formula is C17H24BrNO2. The van der Waals surface area contributed by atoms with E-state index in [-0.39, 0.29) is 12.5 Å². The van der Waals surface area contributed by atoms with Gasteiger partial charge < -0.3 is 10.1 Å². The molecule has 3 nitrogen and oxygen atoms in total. The zero-order chi connectivity index (χ0) is 15.2. The van der Waals surface area contributed by atoms with Crippen LogP contribution in [0.15, 0.2) is 22.7 Å². The zero-order valence-corrected chi connectivity index (χ0v) is 14.4. The number of amides is 1. The number of hydrogen-bond acceptors (Lipinski definition) is 2. The lowest BCUT2D eigenvalue weighted by Gasteiger charge is -2.23. The maximum Gasteiger partial charge on any atom is 0.258 e. The molecule has 1 aromatic carbocycles. The highest BCUT2D eigenvalue weighted by Crippen LogP contribution is 2.29. The highest BCUT2D eigenvalue weighted by atomic mass is 79.9. The lowest BCUT2D eigenvalue weighted by Crippen LogP contribution is -2.39. The van der Waals surface area contributed by atoms with Gasteiger partial charge in [0.15, 0.2) is 6.61 Å². The number of hydrogen-bond donors (Lipinski definition) is 1. The fourth-order valence-corrected chi connectivity index (χ4v) is 3.14. The zero-order valence-electron chi connectivity index (χ0n) is 12.8. The van der Waals surface area contributed by atoms with Crippen molar-refractivity contribution < 1.29 is 9.53 Å². The van der Waals surface area contributed by atoms with E-state index < -0.39 is 0 Å². The molecule has 0 saturated heterocycles. The summed E-state index contributed by atoms with van der Waals surface area (Å²) in [4.78, 5) is 12.0. The number of halogens is 1. The van der Waals surface area contributed by atoms with E-state index in [4.69, 9.17) is 4.74 Å². The highest BCUT2D eigenvalue weighted by molar-refractivity contribution is 9.10. The fraction of sp³-hybridized carbons (Fsp3) is 0.588. The average Bonchev–Trinajstić information content (AvgIpc) is 2.47. The van der Waals surface area contributed by atoms with Crippen LogP contribution in [-0.2, 0) is 4.79 Å². The minimum Gasteiger partial charge on any atom is -0.483 e. The number of benzene rings is 1. The molecule has 1 fully saturated rings. The third-order valence-corrected chi connectivity index (χ3v) is 4.42. The van der Waals surface area contributed by atoms with Crippen molar-refractivity contribution >= 4 is 21.8 Å². The van der Waals surface area contributed by atoms with Gasteiger partial charge in [-0.15, -0.1) is 0 Å². The summed E-state index contributed by atoms with van der Waals surface area (Å²) in [6.07, 6.45) is 5.92. The molecular weight excluding hydrogens is 330 g/mol. The van der Waals surface area contributed by atoms with E-state index in [9.17, 15) is 4.79 Å². The predicted octanol–water partition coefficient (Wildman–Crippen LogP) is 4.40. The normalized spacial score (nSPS) is 16.0. The monoisotopic (exact) mass is 353 g/mol. The van der Waals surface area contributed by atoms with Gasteiger partial charge in [0.2, 0.25) is 0 Å². The van der Waals surface area contributed by atoms with Crippen molar-refractivity contribution in [2.24, 2.45) is 0 Å². The van der Waals surface area contributed by atoms with E-state index in [1.54, 1.807) is 0 Å². The topological polar surface area (TPSA) is 38.3 Å². The largest absolute Gasteiger partial charge is 0.483 e. The quantitative estimate of drug-likeness (QED) is 0.851. The molecule has 0 spiro atoms. The van der Waals surface area contributed by atoms with Crippen molar-refractivity contribution in [1.82, 2.24) is 5.32 Å². The summed E-state index contributed by atoms with van der Waals surface area (Å²) in [5.74, 6) is 1.14. The van der Waals surface area contributed by atoms with E-state index >= 15 is 0 Å². The second-order valence-electron chi connectivity index (χ2n) is 6.03. The van der Waals surface area contributed by atoms with Crippen LogP contribution in [0.4, 0.5) is 0 Å². The summed E-state index contributed by atoms with van der Waals surface area (Å²) in [7, 11) is 0. The fourth-order valence-electron chi connectivity index (χ4n) is 2.76. The molecule has 1 saturated carbocycles. The minimum atomic E-state index is -0.0143. The van der Waals surface area contributed by atoms with Gasteiger partial charge in [0.05, 0.1) is 0 Å². The average molecular weight is 354 g/mol. The highest BCUT2D eigenvalue weighted by Gasteiger charge is 2.16. The Bertz CT molecular complexity index is 482. The number of ether oxygens (including phenoxy) is 1. The Morgan fingerprint density at radius 3 is 2.71 bits per heavy atom. The van der Waals surface area contributed by atoms with Gasteiger partial charge in [-0.2, -0.15) is 0 Å². The second-order valence-corrected chi connectivity index (χ2v) is 6.94. The second kappa shape index (κ2) is 7.83. The number of rotatable bonds is 5. The van der Waals surface area contributed by atoms with Crippen LogP contribution in [0.25, 0.3) is 0 Å². The van der Waals surface area contributed by atoms with Gasteiger partial charge >= 0.3 is 0 Å². The van der Waals surface area contributed by atoms with Gasteiger partial charge in [0.25, 0.3) is 5.91 Å². The Labute approximate surface area is 135 Å². The molecule has 1 aliphatic rings. The van der Waals surface area contributed by atoms with Crippen molar-refractivity contribution in [3.05, 3.63) is 28.2 Å². The van der Waals surface area contributed by atoms with E-state index in [0.29, 0.717) is 12.0 Å². The van der Waals surface area contributed by atoms with Crippen LogP contribution in [0, 0.1) is 0 Å². The maximum absolute atomic E-state index is 12.0. The summed E-state index contributed by atoms with van der Waals surface area (Å²) in [5.41, 5.74) is 1.12. The van der Waals surface area contributed by atoms with Crippen LogP contribution in [0.1, 0.15) is 57.4 Å². The molecule has 0 aromatic heterocycles. The van der Waals surface area contributed by atoms with Gasteiger partial charge in [-0.05, 0) is 42.5 Å². The first-order valence-electron chi connectivity index (χ1n) is 7.78. The molecule has 1 amide bonds. The molecule has 1 aromatic rings. The van der Waals surface area contributed by atoms with Gasteiger partial charge in [-0.25, -0.2) is 0 Å². The molecule has 1 aliphatic carbocycles. The van der Waals surface area contributed by atoms with E-state index in [0.717, 1.165) is 28.6 Å². The molecule has 0 unspecified atom stereocenters. The molecule has 0 radical (unpaired) electrons. The maximum atomic E-state index is 12.0. The van der Waals surface area contributed by atoms with E-state index in [1.165, 1.54) is 19.3 Å². The van der Waals surface area contributed by atoms with Crippen molar-refractivity contribution in [2.75, 3.05) is 6.61 Å². The van der Waals surface area contributed by atoms with Gasteiger partial charge in [0, 0.05) is 10.5 Å². The summed E-state index contributed by atoms with van der Waals surface area (Å²) < 4.78 is 6.76. The third-order valence-electron chi connectivity index (χ3n) is 3.92. The summed E-state index contributed by atoms with van der Waals surface area (Å²) in [6.45, 7) is 4.34. The van der Waals surface area contributed by atoms with Crippen LogP contribution in [0.2, 0.25) is 0 Å². The summed E-state index contributed by atoms with van der Waals surface area (Å²) in [6, 6.07) is 6.26. The first kappa shape index (κ1) is 16.3. The third kappa shape index (κ3) is 5.03. The Morgan fingerprint density at radius 1 is 1.33 bits per heavy atom. The minimum absolute atomic E-state index is 0.0143. The Balaban J connectivity index is 1.88. The molecule has 1 N–H and O–H groups in total. The standard InChI is InChI=1S/C17H24BrNO2/c1-12(2)15-10-13(18)8-9-16(15)21-11-17(20)19-14-6-4-3-5-7-14/h8-10,12,14H,3-7,11H2,1-2H3,(H,19,20). The van der Waals surface area contributed by atoms with Gasteiger partial charge in [-0.3, -0.25) is 4.79 Å². The van der Waals surface area contributed by atoms with E-state index in [1.807, 2.05) is 12.1 Å². The van der Waals surface area contributed by atoms with Crippen LogP contribution >= 0.6 is 15.9 Å². The Kier molecular flexibility index (Phi) is 6.09. The van der Waals surface area contributed by atoms with Crippen LogP contribution in [0.3, 0.4) is 0 Å². The number of nitrogens with one attached hydrogen (secondary N) is 1. The summed E-state index contributed by atoms with van der Waals surface area (Å²) in [5, 5.41) is 3.08. The van der Waals surface area contributed by atoms with Crippen LogP contribution in [0.5, 0.6) is 5.75 Å². The molecule has 116 valence electrons. The Morgan fingerprint density at radius 2 is 2.05 bits per heavy atom. The van der Waals surface area contributed by atoms with Crippen LogP contribution in [-0.4, -0.2) is 18.6 Å². The molecule has 0 heterocycles. The molecule has 0 bridgehead atoms. The lowest BCUT2D eigenvalue weighted by molar-refractivity contribution is -0.124. The molecule has 21 heavy (non-hydrogen) atoms. The van der Waals surface area contributed by atoms with Crippen molar-refractivity contribution in [3.63, 3.8) is 0 Å². The van der Waals surface area contributed by atoms with Crippen molar-refractivity contribution in [1.29, 1.82) is 0 Å². The van der Waals surface area contributed by atoms with Gasteiger partial charge in [-0.1, -0.05) is 49.0 Å². The molecule has 2 rings (SSSR count). The molecule has 0 aliphatic heterocycles. The van der Waals surface area contributed by atoms with Gasteiger partial charge in [0.1, 0.15) is 5.75 Å². The van der Waals surface area contributed by atoms with Crippen molar-refractivity contribution in [2.45, 2.75) is 57.9 Å². The predicted molar refractivity (Wildman–Crippen MR) is 88.7 cm³/mol. The number of carbonyl (C=O) groups excluding carboxylic acids is 1. The lowest BCUT2D eigenvalue weighted by atomic mass is 9.95. The summed E-state index contributed by atoms with van der Waals surface area (Å²) >= 11 is 3.48. The van der Waals surface area contributed by atoms with Crippen LogP contribution < -0.4 is 10.1 Å². The van der Waals surface area contributed by atoms with E-state index in [2.05, 4.69) is 41.2 Å². The molecule has 0 atom stereocenters. The smallest absolute Gasteiger partial charge is 0.258 e. The van der Waals surface area contributed by atoms with Crippen molar-refractivity contribution in [3.8, 4) is 5.75 Å². The SMILES string of the molecule is CC(C)c1cc(Br)ccc1OCC(=O)NC1CCCCC1. The Hall–Kier alpha value is -1.03.